The maximum absolute atomic E-state index is 10.3. The molecule has 4 heteroatoms. The van der Waals surface area contributed by atoms with E-state index >= 15 is 0 Å². The lowest BCUT2D eigenvalue weighted by atomic mass is 10.2. The number of rotatable bonds is 6. The summed E-state index contributed by atoms with van der Waals surface area (Å²) >= 11 is 0. The topological polar surface area (TPSA) is 49.8 Å². The van der Waals surface area contributed by atoms with E-state index in [4.69, 9.17) is 9.84 Å². The number of carboxylic acid groups (broad SMARTS) is 1. The Kier molecular flexibility index (Phi) is 5.23. The summed E-state index contributed by atoms with van der Waals surface area (Å²) in [5, 5.41) is 8.48. The van der Waals surface area contributed by atoms with Crippen molar-refractivity contribution in [2.24, 2.45) is 0 Å². The second-order valence-electron chi connectivity index (χ2n) is 3.89. The van der Waals surface area contributed by atoms with E-state index in [-0.39, 0.29) is 0 Å². The van der Waals surface area contributed by atoms with Gasteiger partial charge in [-0.1, -0.05) is 12.1 Å². The molecule has 1 aromatic carbocycles. The molecule has 0 aliphatic carbocycles. The van der Waals surface area contributed by atoms with Crippen molar-refractivity contribution in [1.82, 2.24) is 4.90 Å². The molecule has 0 saturated carbocycles. The van der Waals surface area contributed by atoms with Crippen LogP contribution in [0.1, 0.15) is 5.56 Å². The van der Waals surface area contributed by atoms with Gasteiger partial charge in [0.2, 0.25) is 0 Å². The number of hydrogen-bond acceptors (Lipinski definition) is 3. The summed E-state index contributed by atoms with van der Waals surface area (Å²) in [5.74, 6) is -0.157. The van der Waals surface area contributed by atoms with E-state index in [0.29, 0.717) is 6.61 Å². The first-order chi connectivity index (χ1) is 8.08. The molecule has 0 aliphatic rings. The van der Waals surface area contributed by atoms with Gasteiger partial charge in [-0.25, -0.2) is 4.79 Å². The number of hydrogen-bond donors (Lipinski definition) is 1. The molecule has 17 heavy (non-hydrogen) atoms. The molecule has 0 radical (unpaired) electrons. The van der Waals surface area contributed by atoms with E-state index < -0.39 is 5.97 Å². The fraction of sp³-hybridized carbons (Fsp3) is 0.308. The summed E-state index contributed by atoms with van der Waals surface area (Å²) in [5.41, 5.74) is 0.840. The number of carboxylic acids is 1. The maximum atomic E-state index is 10.3. The Bertz CT molecular complexity index is 382. The number of likely N-dealkylation sites (N-methyl/N-ethyl adjacent to an activating group) is 1. The molecule has 1 aromatic rings. The number of aliphatic carboxylic acids is 1. The van der Waals surface area contributed by atoms with Crippen LogP contribution in [-0.4, -0.2) is 43.2 Å². The summed E-state index contributed by atoms with van der Waals surface area (Å²) in [6.07, 6.45) is 2.66. The van der Waals surface area contributed by atoms with Gasteiger partial charge in [-0.3, -0.25) is 0 Å². The Morgan fingerprint density at radius 3 is 2.53 bits per heavy atom. The minimum atomic E-state index is -0.948. The summed E-state index contributed by atoms with van der Waals surface area (Å²) in [6, 6.07) is 7.31. The van der Waals surface area contributed by atoms with Crippen LogP contribution >= 0.6 is 0 Å². The average molecular weight is 235 g/mol. The third kappa shape index (κ3) is 5.73. The van der Waals surface area contributed by atoms with Gasteiger partial charge in [-0.2, -0.15) is 0 Å². The Balaban J connectivity index is 2.47. The Morgan fingerprint density at radius 1 is 1.35 bits per heavy atom. The molecule has 1 rings (SSSR count). The summed E-state index contributed by atoms with van der Waals surface area (Å²) in [7, 11) is 3.98. The van der Waals surface area contributed by atoms with Gasteiger partial charge >= 0.3 is 5.97 Å². The summed E-state index contributed by atoms with van der Waals surface area (Å²) < 4.78 is 5.52. The van der Waals surface area contributed by atoms with Crippen molar-refractivity contribution in [3.8, 4) is 5.75 Å². The van der Waals surface area contributed by atoms with E-state index in [9.17, 15) is 4.79 Å². The fourth-order valence-electron chi connectivity index (χ4n) is 1.19. The van der Waals surface area contributed by atoms with Crippen LogP contribution in [0.4, 0.5) is 0 Å². The van der Waals surface area contributed by atoms with E-state index in [0.717, 1.165) is 23.9 Å². The average Bonchev–Trinajstić information content (AvgIpc) is 2.27. The highest BCUT2D eigenvalue weighted by Gasteiger charge is 1.95. The quantitative estimate of drug-likeness (QED) is 0.763. The second kappa shape index (κ2) is 6.70. The molecule has 4 nitrogen and oxygen atoms in total. The zero-order valence-electron chi connectivity index (χ0n) is 10.1. The van der Waals surface area contributed by atoms with Gasteiger partial charge in [0.25, 0.3) is 0 Å². The Hall–Kier alpha value is -1.81. The van der Waals surface area contributed by atoms with Crippen molar-refractivity contribution >= 4 is 12.0 Å². The van der Waals surface area contributed by atoms with Gasteiger partial charge in [0.15, 0.2) is 0 Å². The SMILES string of the molecule is CN(C)CCOc1ccc(C=CC(=O)O)cc1. The highest BCUT2D eigenvalue weighted by molar-refractivity contribution is 5.85. The van der Waals surface area contributed by atoms with Crippen LogP contribution in [0.5, 0.6) is 5.75 Å². The lowest BCUT2D eigenvalue weighted by molar-refractivity contribution is -0.131. The lowest BCUT2D eigenvalue weighted by Crippen LogP contribution is -2.19. The van der Waals surface area contributed by atoms with Gasteiger partial charge in [0, 0.05) is 12.6 Å². The first-order valence-corrected chi connectivity index (χ1v) is 5.36. The first kappa shape index (κ1) is 13.3. The van der Waals surface area contributed by atoms with Crippen LogP contribution in [0.15, 0.2) is 30.3 Å². The van der Waals surface area contributed by atoms with Gasteiger partial charge in [0.05, 0.1) is 0 Å². The molecule has 0 aromatic heterocycles. The first-order valence-electron chi connectivity index (χ1n) is 5.36. The number of nitrogens with zero attached hydrogens (tertiary/aromatic N) is 1. The van der Waals surface area contributed by atoms with Crippen molar-refractivity contribution in [3.63, 3.8) is 0 Å². The van der Waals surface area contributed by atoms with Crippen molar-refractivity contribution in [2.45, 2.75) is 0 Å². The molecule has 0 aliphatic heterocycles. The highest BCUT2D eigenvalue weighted by atomic mass is 16.5. The normalized spacial score (nSPS) is 11.0. The minimum Gasteiger partial charge on any atom is -0.492 e. The van der Waals surface area contributed by atoms with E-state index in [1.807, 2.05) is 43.3 Å². The number of ether oxygens (including phenoxy) is 1. The fourth-order valence-corrected chi connectivity index (χ4v) is 1.19. The predicted octanol–water partition coefficient (Wildman–Crippen LogP) is 1.72. The van der Waals surface area contributed by atoms with E-state index in [1.165, 1.54) is 0 Å². The van der Waals surface area contributed by atoms with Crippen molar-refractivity contribution in [1.29, 1.82) is 0 Å². The molecule has 0 heterocycles. The molecular weight excluding hydrogens is 218 g/mol. The van der Waals surface area contributed by atoms with Crippen LogP contribution in [0, 0.1) is 0 Å². The van der Waals surface area contributed by atoms with Crippen LogP contribution in [0.25, 0.3) is 6.08 Å². The Morgan fingerprint density at radius 2 is 2.00 bits per heavy atom. The number of carbonyl (C=O) groups is 1. The number of benzene rings is 1. The molecule has 0 atom stereocenters. The third-order valence-corrected chi connectivity index (χ3v) is 2.11. The third-order valence-electron chi connectivity index (χ3n) is 2.11. The van der Waals surface area contributed by atoms with Crippen molar-refractivity contribution in [3.05, 3.63) is 35.9 Å². The maximum Gasteiger partial charge on any atom is 0.328 e. The van der Waals surface area contributed by atoms with Crippen LogP contribution in [0.3, 0.4) is 0 Å². The molecule has 0 fully saturated rings. The smallest absolute Gasteiger partial charge is 0.328 e. The van der Waals surface area contributed by atoms with Crippen LogP contribution in [-0.2, 0) is 4.79 Å². The monoisotopic (exact) mass is 235 g/mol. The van der Waals surface area contributed by atoms with Gasteiger partial charge in [-0.15, -0.1) is 0 Å². The Labute approximate surface area is 101 Å². The standard InChI is InChI=1S/C13H17NO3/c1-14(2)9-10-17-12-6-3-11(4-7-12)5-8-13(15)16/h3-8H,9-10H2,1-2H3,(H,15,16). The van der Waals surface area contributed by atoms with Crippen LogP contribution < -0.4 is 4.74 Å². The minimum absolute atomic E-state index is 0.636. The lowest BCUT2D eigenvalue weighted by Gasteiger charge is -2.10. The molecule has 92 valence electrons. The van der Waals surface area contributed by atoms with Crippen LogP contribution in [0.2, 0.25) is 0 Å². The van der Waals surface area contributed by atoms with E-state index in [2.05, 4.69) is 0 Å². The zero-order chi connectivity index (χ0) is 12.7. The van der Waals surface area contributed by atoms with Crippen molar-refractivity contribution < 1.29 is 14.6 Å². The van der Waals surface area contributed by atoms with Crippen molar-refractivity contribution in [2.75, 3.05) is 27.2 Å². The highest BCUT2D eigenvalue weighted by Crippen LogP contribution is 2.13. The zero-order valence-corrected chi connectivity index (χ0v) is 10.1. The van der Waals surface area contributed by atoms with Gasteiger partial charge < -0.3 is 14.7 Å². The predicted molar refractivity (Wildman–Crippen MR) is 67.2 cm³/mol. The second-order valence-corrected chi connectivity index (χ2v) is 3.89. The molecule has 0 saturated heterocycles. The van der Waals surface area contributed by atoms with Gasteiger partial charge in [-0.05, 0) is 37.9 Å². The molecule has 0 unspecified atom stereocenters. The summed E-state index contributed by atoms with van der Waals surface area (Å²) in [6.45, 7) is 1.50. The van der Waals surface area contributed by atoms with E-state index in [1.54, 1.807) is 6.08 Å². The molecule has 1 N–H and O–H groups in total. The molecule has 0 amide bonds. The largest absolute Gasteiger partial charge is 0.492 e. The summed E-state index contributed by atoms with van der Waals surface area (Å²) in [4.78, 5) is 12.4. The molecular formula is C13H17NO3. The van der Waals surface area contributed by atoms with Gasteiger partial charge in [0.1, 0.15) is 12.4 Å². The molecule has 0 spiro atoms. The molecule has 0 bridgehead atoms.